The van der Waals surface area contributed by atoms with E-state index in [0.29, 0.717) is 0 Å². The molecule has 0 unspecified atom stereocenters. The Morgan fingerprint density at radius 2 is 2.00 bits per heavy atom. The summed E-state index contributed by atoms with van der Waals surface area (Å²) in [5.74, 6) is 0.845. The number of aryl methyl sites for hydroxylation is 1. The number of thiocyanates is 1. The Labute approximate surface area is 81.3 Å². The highest BCUT2D eigenvalue weighted by molar-refractivity contribution is 8.03. The Kier molecular flexibility index (Phi) is 3.99. The molecule has 1 nitrogen and oxygen atoms in total. The maximum Gasteiger partial charge on any atom is 0.133 e. The summed E-state index contributed by atoms with van der Waals surface area (Å²) in [5.41, 5.74) is 1.22. The molecule has 0 bridgehead atoms. The molecule has 0 heterocycles. The summed E-state index contributed by atoms with van der Waals surface area (Å²) < 4.78 is 0. The van der Waals surface area contributed by atoms with Crippen LogP contribution >= 0.6 is 23.4 Å². The SMILES string of the molecule is N#CSCCc1ccc(Cl)cc1. The summed E-state index contributed by atoms with van der Waals surface area (Å²) >= 11 is 7.00. The minimum atomic E-state index is 0.756. The predicted octanol–water partition coefficient (Wildman–Crippen LogP) is 3.10. The lowest BCUT2D eigenvalue weighted by atomic mass is 10.2. The monoisotopic (exact) mass is 197 g/mol. The van der Waals surface area contributed by atoms with E-state index in [4.69, 9.17) is 16.9 Å². The van der Waals surface area contributed by atoms with Crippen molar-refractivity contribution in [1.29, 1.82) is 5.26 Å². The van der Waals surface area contributed by atoms with Gasteiger partial charge in [-0.05, 0) is 35.9 Å². The van der Waals surface area contributed by atoms with E-state index in [0.717, 1.165) is 17.2 Å². The Bertz CT molecular complexity index is 276. The van der Waals surface area contributed by atoms with Gasteiger partial charge in [-0.25, -0.2) is 0 Å². The molecule has 3 heteroatoms. The molecular weight excluding hydrogens is 190 g/mol. The van der Waals surface area contributed by atoms with Gasteiger partial charge in [-0.3, -0.25) is 0 Å². The fourth-order valence-corrected chi connectivity index (χ4v) is 1.42. The van der Waals surface area contributed by atoms with Crippen LogP contribution in [-0.4, -0.2) is 5.75 Å². The van der Waals surface area contributed by atoms with Crippen LogP contribution in [-0.2, 0) is 6.42 Å². The van der Waals surface area contributed by atoms with Crippen molar-refractivity contribution in [1.82, 2.24) is 0 Å². The van der Waals surface area contributed by atoms with Crippen LogP contribution < -0.4 is 0 Å². The number of halogens is 1. The van der Waals surface area contributed by atoms with Crippen LogP contribution in [0.5, 0.6) is 0 Å². The van der Waals surface area contributed by atoms with E-state index in [2.05, 4.69) is 0 Å². The molecule has 0 aromatic heterocycles. The normalized spacial score (nSPS) is 9.33. The number of hydrogen-bond donors (Lipinski definition) is 0. The summed E-state index contributed by atoms with van der Waals surface area (Å²) in [6.07, 6.45) is 0.926. The molecule has 0 aliphatic heterocycles. The minimum Gasteiger partial charge on any atom is -0.185 e. The Morgan fingerprint density at radius 1 is 1.33 bits per heavy atom. The van der Waals surface area contributed by atoms with Crippen molar-refractivity contribution in [3.63, 3.8) is 0 Å². The molecule has 0 atom stereocenters. The van der Waals surface area contributed by atoms with Crippen LogP contribution in [0.4, 0.5) is 0 Å². The summed E-state index contributed by atoms with van der Waals surface area (Å²) in [6, 6.07) is 7.71. The molecule has 0 radical (unpaired) electrons. The molecule has 0 saturated heterocycles. The quantitative estimate of drug-likeness (QED) is 0.549. The van der Waals surface area contributed by atoms with Crippen LogP contribution in [0.1, 0.15) is 5.56 Å². The molecule has 12 heavy (non-hydrogen) atoms. The molecule has 1 aromatic carbocycles. The molecular formula is C9H8ClNS. The first kappa shape index (κ1) is 9.44. The number of hydrogen-bond acceptors (Lipinski definition) is 2. The molecule has 0 saturated carbocycles. The van der Waals surface area contributed by atoms with Crippen molar-refractivity contribution < 1.29 is 0 Å². The highest BCUT2D eigenvalue weighted by atomic mass is 35.5. The van der Waals surface area contributed by atoms with Crippen LogP contribution in [0.25, 0.3) is 0 Å². The van der Waals surface area contributed by atoms with Gasteiger partial charge in [0, 0.05) is 10.8 Å². The van der Waals surface area contributed by atoms with E-state index in [9.17, 15) is 0 Å². The lowest BCUT2D eigenvalue weighted by molar-refractivity contribution is 1.16. The largest absolute Gasteiger partial charge is 0.185 e. The van der Waals surface area contributed by atoms with E-state index in [1.807, 2.05) is 29.7 Å². The third-order valence-corrected chi connectivity index (χ3v) is 2.26. The standard InChI is InChI=1S/C9H8ClNS/c10-9-3-1-8(2-4-9)5-6-12-7-11/h1-4H,5-6H2. The second kappa shape index (κ2) is 5.08. The average Bonchev–Trinajstić information content (AvgIpc) is 2.09. The second-order valence-corrected chi connectivity index (χ2v) is 3.63. The topological polar surface area (TPSA) is 23.8 Å². The van der Waals surface area contributed by atoms with Crippen molar-refractivity contribution >= 4 is 23.4 Å². The van der Waals surface area contributed by atoms with Gasteiger partial charge in [-0.15, -0.1) is 0 Å². The molecule has 62 valence electrons. The van der Waals surface area contributed by atoms with Crippen LogP contribution in [0.15, 0.2) is 24.3 Å². The summed E-state index contributed by atoms with van der Waals surface area (Å²) in [4.78, 5) is 0. The lowest BCUT2D eigenvalue weighted by Gasteiger charge is -1.97. The third-order valence-electron chi connectivity index (χ3n) is 1.47. The number of nitrogens with zero attached hydrogens (tertiary/aromatic N) is 1. The summed E-state index contributed by atoms with van der Waals surface area (Å²) in [5, 5.41) is 11.1. The first-order chi connectivity index (χ1) is 5.83. The van der Waals surface area contributed by atoms with Crippen molar-refractivity contribution in [3.05, 3.63) is 34.9 Å². The summed E-state index contributed by atoms with van der Waals surface area (Å²) in [6.45, 7) is 0. The Balaban J connectivity index is 2.43. The van der Waals surface area contributed by atoms with Gasteiger partial charge in [-0.2, -0.15) is 5.26 Å². The molecule has 0 fully saturated rings. The van der Waals surface area contributed by atoms with Gasteiger partial charge in [0.25, 0.3) is 0 Å². The first-order valence-corrected chi connectivity index (χ1v) is 4.94. The van der Waals surface area contributed by atoms with Crippen LogP contribution in [0.2, 0.25) is 5.02 Å². The van der Waals surface area contributed by atoms with Crippen molar-refractivity contribution in [2.45, 2.75) is 6.42 Å². The highest BCUT2D eigenvalue weighted by Gasteiger charge is 1.92. The van der Waals surface area contributed by atoms with Gasteiger partial charge in [-0.1, -0.05) is 23.7 Å². The van der Waals surface area contributed by atoms with E-state index in [-0.39, 0.29) is 0 Å². The zero-order valence-electron chi connectivity index (χ0n) is 6.46. The molecule has 0 amide bonds. The van der Waals surface area contributed by atoms with Gasteiger partial charge >= 0.3 is 0 Å². The minimum absolute atomic E-state index is 0.756. The Morgan fingerprint density at radius 3 is 2.58 bits per heavy atom. The van der Waals surface area contributed by atoms with Crippen molar-refractivity contribution in [2.24, 2.45) is 0 Å². The maximum atomic E-state index is 8.28. The van der Waals surface area contributed by atoms with Gasteiger partial charge in [0.1, 0.15) is 5.40 Å². The zero-order chi connectivity index (χ0) is 8.81. The molecule has 1 rings (SSSR count). The number of rotatable bonds is 3. The molecule has 0 aliphatic rings. The molecule has 0 N–H and O–H groups in total. The average molecular weight is 198 g/mol. The van der Waals surface area contributed by atoms with E-state index < -0.39 is 0 Å². The molecule has 0 aliphatic carbocycles. The fourth-order valence-electron chi connectivity index (χ4n) is 0.866. The van der Waals surface area contributed by atoms with Gasteiger partial charge in [0.15, 0.2) is 0 Å². The van der Waals surface area contributed by atoms with E-state index >= 15 is 0 Å². The molecule has 1 aromatic rings. The van der Waals surface area contributed by atoms with Crippen molar-refractivity contribution in [3.8, 4) is 5.40 Å². The van der Waals surface area contributed by atoms with Gasteiger partial charge < -0.3 is 0 Å². The smallest absolute Gasteiger partial charge is 0.133 e. The first-order valence-electron chi connectivity index (χ1n) is 3.58. The number of thioether (sulfide) groups is 1. The zero-order valence-corrected chi connectivity index (χ0v) is 8.03. The fraction of sp³-hybridized carbons (Fsp3) is 0.222. The number of nitriles is 1. The highest BCUT2D eigenvalue weighted by Crippen LogP contribution is 2.11. The van der Waals surface area contributed by atoms with Gasteiger partial charge in [0.2, 0.25) is 0 Å². The second-order valence-electron chi connectivity index (χ2n) is 2.32. The van der Waals surface area contributed by atoms with Crippen LogP contribution in [0, 0.1) is 10.7 Å². The molecule has 0 spiro atoms. The van der Waals surface area contributed by atoms with Gasteiger partial charge in [0.05, 0.1) is 0 Å². The lowest BCUT2D eigenvalue weighted by Crippen LogP contribution is -1.86. The van der Waals surface area contributed by atoms with Crippen molar-refractivity contribution in [2.75, 3.05) is 5.75 Å². The van der Waals surface area contributed by atoms with E-state index in [1.54, 1.807) is 0 Å². The maximum absolute atomic E-state index is 8.28. The van der Waals surface area contributed by atoms with E-state index in [1.165, 1.54) is 17.3 Å². The summed E-state index contributed by atoms with van der Waals surface area (Å²) in [7, 11) is 0. The third kappa shape index (κ3) is 3.17. The predicted molar refractivity (Wildman–Crippen MR) is 53.2 cm³/mol. The van der Waals surface area contributed by atoms with Crippen LogP contribution in [0.3, 0.4) is 0 Å². The number of benzene rings is 1. The Hall–Kier alpha value is -0.650.